The first kappa shape index (κ1) is 19.0. The number of ether oxygens (including phenoxy) is 1. The van der Waals surface area contributed by atoms with Crippen molar-refractivity contribution < 1.29 is 9.84 Å². The molecule has 2 aliphatic rings. The molecule has 6 heteroatoms. The van der Waals surface area contributed by atoms with E-state index in [1.165, 1.54) is 12.8 Å². The lowest BCUT2D eigenvalue weighted by molar-refractivity contribution is 0.120. The standard InChI is InChI=1S/C20H32N4O2/c1-2-21-20(24-16-9-11-17(25)12-10-16)23-14-15-6-5-13-22-19(15)26-18-7-3-4-8-18/h5-6,13,16-18,25H,2-4,7-12,14H2,1H3,(H2,21,23,24). The van der Waals surface area contributed by atoms with E-state index in [1.807, 2.05) is 12.1 Å². The van der Waals surface area contributed by atoms with Crippen LogP contribution in [-0.4, -0.2) is 40.8 Å². The average Bonchev–Trinajstić information content (AvgIpc) is 3.16. The van der Waals surface area contributed by atoms with E-state index in [4.69, 9.17) is 9.73 Å². The molecule has 2 fully saturated rings. The largest absolute Gasteiger partial charge is 0.474 e. The van der Waals surface area contributed by atoms with E-state index in [0.717, 1.165) is 62.5 Å². The van der Waals surface area contributed by atoms with Crippen LogP contribution in [0.2, 0.25) is 0 Å². The van der Waals surface area contributed by atoms with Crippen LogP contribution in [0.25, 0.3) is 0 Å². The Balaban J connectivity index is 1.61. The summed E-state index contributed by atoms with van der Waals surface area (Å²) in [4.78, 5) is 9.17. The predicted molar refractivity (Wildman–Crippen MR) is 103 cm³/mol. The molecule has 26 heavy (non-hydrogen) atoms. The lowest BCUT2D eigenvalue weighted by Crippen LogP contribution is -2.45. The lowest BCUT2D eigenvalue weighted by atomic mass is 9.93. The Morgan fingerprint density at radius 3 is 2.73 bits per heavy atom. The molecule has 144 valence electrons. The van der Waals surface area contributed by atoms with Crippen LogP contribution in [0.4, 0.5) is 0 Å². The molecule has 3 N–H and O–H groups in total. The second-order valence-electron chi connectivity index (χ2n) is 7.34. The minimum Gasteiger partial charge on any atom is -0.474 e. The van der Waals surface area contributed by atoms with Crippen LogP contribution < -0.4 is 15.4 Å². The van der Waals surface area contributed by atoms with Gasteiger partial charge in [-0.3, -0.25) is 0 Å². The van der Waals surface area contributed by atoms with Crippen molar-refractivity contribution in [2.24, 2.45) is 4.99 Å². The Hall–Kier alpha value is -1.82. The maximum Gasteiger partial charge on any atom is 0.218 e. The quantitative estimate of drug-likeness (QED) is 0.537. The minimum atomic E-state index is -0.140. The Bertz CT molecular complexity index is 579. The molecular formula is C20H32N4O2. The van der Waals surface area contributed by atoms with Gasteiger partial charge in [-0.2, -0.15) is 0 Å². The molecule has 0 aromatic carbocycles. The van der Waals surface area contributed by atoms with Gasteiger partial charge in [0.25, 0.3) is 0 Å². The zero-order valence-electron chi connectivity index (χ0n) is 15.8. The van der Waals surface area contributed by atoms with Crippen LogP contribution in [0.3, 0.4) is 0 Å². The Morgan fingerprint density at radius 1 is 1.23 bits per heavy atom. The molecule has 0 aliphatic heterocycles. The van der Waals surface area contributed by atoms with Gasteiger partial charge >= 0.3 is 0 Å². The van der Waals surface area contributed by atoms with E-state index in [1.54, 1.807) is 6.20 Å². The number of guanidine groups is 1. The fourth-order valence-corrected chi connectivity index (χ4v) is 3.71. The van der Waals surface area contributed by atoms with Crippen LogP contribution in [0.15, 0.2) is 23.3 Å². The molecule has 3 rings (SSSR count). The third kappa shape index (κ3) is 5.59. The lowest BCUT2D eigenvalue weighted by Gasteiger charge is -2.27. The average molecular weight is 361 g/mol. The number of aromatic nitrogens is 1. The molecule has 6 nitrogen and oxygen atoms in total. The van der Waals surface area contributed by atoms with E-state index in [-0.39, 0.29) is 6.10 Å². The summed E-state index contributed by atoms with van der Waals surface area (Å²) in [5, 5.41) is 16.5. The van der Waals surface area contributed by atoms with E-state index in [9.17, 15) is 5.11 Å². The smallest absolute Gasteiger partial charge is 0.218 e. The van der Waals surface area contributed by atoms with Crippen molar-refractivity contribution in [3.63, 3.8) is 0 Å². The number of nitrogens with zero attached hydrogens (tertiary/aromatic N) is 2. The van der Waals surface area contributed by atoms with E-state index in [2.05, 4.69) is 22.5 Å². The highest BCUT2D eigenvalue weighted by atomic mass is 16.5. The van der Waals surface area contributed by atoms with E-state index in [0.29, 0.717) is 18.7 Å². The van der Waals surface area contributed by atoms with Crippen molar-refractivity contribution in [2.75, 3.05) is 6.54 Å². The number of aliphatic hydroxyl groups is 1. The van der Waals surface area contributed by atoms with Crippen molar-refractivity contribution in [3.05, 3.63) is 23.9 Å². The summed E-state index contributed by atoms with van der Waals surface area (Å²) in [6, 6.07) is 4.36. The van der Waals surface area contributed by atoms with Gasteiger partial charge in [-0.25, -0.2) is 9.98 Å². The topological polar surface area (TPSA) is 78.8 Å². The summed E-state index contributed by atoms with van der Waals surface area (Å²) in [5.74, 6) is 1.55. The SMILES string of the molecule is CCNC(=NCc1cccnc1OC1CCCC1)NC1CCC(O)CC1. The van der Waals surface area contributed by atoms with Gasteiger partial charge in [0.2, 0.25) is 5.88 Å². The van der Waals surface area contributed by atoms with Crippen LogP contribution >= 0.6 is 0 Å². The molecule has 1 aromatic heterocycles. The number of pyridine rings is 1. The third-order valence-corrected chi connectivity index (χ3v) is 5.22. The van der Waals surface area contributed by atoms with Gasteiger partial charge in [0.15, 0.2) is 5.96 Å². The first-order valence-electron chi connectivity index (χ1n) is 10.1. The number of rotatable bonds is 6. The van der Waals surface area contributed by atoms with Crippen molar-refractivity contribution in [1.29, 1.82) is 0 Å². The molecule has 0 radical (unpaired) electrons. The van der Waals surface area contributed by atoms with Gasteiger partial charge in [0.05, 0.1) is 12.6 Å². The number of aliphatic hydroxyl groups excluding tert-OH is 1. The highest BCUT2D eigenvalue weighted by Crippen LogP contribution is 2.25. The molecule has 0 bridgehead atoms. The summed E-state index contributed by atoms with van der Waals surface area (Å²) in [6.07, 6.45) is 10.4. The Kier molecular flexibility index (Phi) is 7.12. The zero-order chi connectivity index (χ0) is 18.2. The monoisotopic (exact) mass is 360 g/mol. The number of nitrogens with one attached hydrogen (secondary N) is 2. The minimum absolute atomic E-state index is 0.140. The third-order valence-electron chi connectivity index (χ3n) is 5.22. The maximum atomic E-state index is 9.67. The molecule has 0 unspecified atom stereocenters. The van der Waals surface area contributed by atoms with Crippen LogP contribution in [0, 0.1) is 0 Å². The molecule has 0 atom stereocenters. The molecular weight excluding hydrogens is 328 g/mol. The van der Waals surface area contributed by atoms with Gasteiger partial charge in [-0.15, -0.1) is 0 Å². The zero-order valence-corrected chi connectivity index (χ0v) is 15.8. The molecule has 1 heterocycles. The van der Waals surface area contributed by atoms with Crippen LogP contribution in [0.5, 0.6) is 5.88 Å². The molecule has 0 spiro atoms. The van der Waals surface area contributed by atoms with Crippen molar-refractivity contribution in [3.8, 4) is 5.88 Å². The van der Waals surface area contributed by atoms with Crippen molar-refractivity contribution in [1.82, 2.24) is 15.6 Å². The van der Waals surface area contributed by atoms with Gasteiger partial charge < -0.3 is 20.5 Å². The maximum absolute atomic E-state index is 9.67. The van der Waals surface area contributed by atoms with Gasteiger partial charge in [0.1, 0.15) is 6.10 Å². The van der Waals surface area contributed by atoms with Gasteiger partial charge in [0, 0.05) is 24.3 Å². The summed E-state index contributed by atoms with van der Waals surface area (Å²) >= 11 is 0. The molecule has 1 aromatic rings. The second-order valence-corrected chi connectivity index (χ2v) is 7.34. The molecule has 0 amide bonds. The fourth-order valence-electron chi connectivity index (χ4n) is 3.71. The van der Waals surface area contributed by atoms with Crippen LogP contribution in [-0.2, 0) is 6.54 Å². The first-order chi connectivity index (χ1) is 12.7. The summed E-state index contributed by atoms with van der Waals surface area (Å²) in [6.45, 7) is 3.43. The van der Waals surface area contributed by atoms with Gasteiger partial charge in [-0.1, -0.05) is 6.07 Å². The highest BCUT2D eigenvalue weighted by molar-refractivity contribution is 5.80. The second kappa shape index (κ2) is 9.76. The van der Waals surface area contributed by atoms with Crippen LogP contribution in [0.1, 0.15) is 63.9 Å². The highest BCUT2D eigenvalue weighted by Gasteiger charge is 2.21. The summed E-state index contributed by atoms with van der Waals surface area (Å²) in [7, 11) is 0. The first-order valence-corrected chi connectivity index (χ1v) is 10.1. The Labute approximate surface area is 156 Å². The number of aliphatic imine (C=N–C) groups is 1. The predicted octanol–water partition coefficient (Wildman–Crippen LogP) is 2.76. The van der Waals surface area contributed by atoms with E-state index < -0.39 is 0 Å². The molecule has 2 aliphatic carbocycles. The number of hydrogen-bond acceptors (Lipinski definition) is 4. The fraction of sp³-hybridized carbons (Fsp3) is 0.700. The molecule has 2 saturated carbocycles. The summed E-state index contributed by atoms with van der Waals surface area (Å²) in [5.41, 5.74) is 1.02. The normalized spacial score (nSPS) is 24.5. The van der Waals surface area contributed by atoms with E-state index >= 15 is 0 Å². The Morgan fingerprint density at radius 2 is 2.00 bits per heavy atom. The molecule has 0 saturated heterocycles. The van der Waals surface area contributed by atoms with Gasteiger partial charge in [-0.05, 0) is 64.4 Å². The van der Waals surface area contributed by atoms with Crippen molar-refractivity contribution >= 4 is 5.96 Å². The summed E-state index contributed by atoms with van der Waals surface area (Å²) < 4.78 is 6.11. The van der Waals surface area contributed by atoms with Crippen molar-refractivity contribution in [2.45, 2.75) is 83.1 Å². The number of hydrogen-bond donors (Lipinski definition) is 3.